The monoisotopic (exact) mass is 793 g/mol. The van der Waals surface area contributed by atoms with Crippen LogP contribution in [0.25, 0.3) is 11.1 Å². The molecule has 0 spiro atoms. The molecule has 13 rings (SSSR count). The highest BCUT2D eigenvalue weighted by Gasteiger charge is 2.44. The van der Waals surface area contributed by atoms with Gasteiger partial charge < -0.3 is 19.4 Å². The Morgan fingerprint density at radius 3 is 1.52 bits per heavy atom. The Kier molecular flexibility index (Phi) is 7.86. The van der Waals surface area contributed by atoms with Crippen LogP contribution in [0.2, 0.25) is 0 Å². The summed E-state index contributed by atoms with van der Waals surface area (Å²) < 4.78 is 7.15. The quantitative estimate of drug-likeness (QED) is 0.150. The van der Waals surface area contributed by atoms with Crippen molar-refractivity contribution >= 4 is 74.3 Å². The highest BCUT2D eigenvalue weighted by atomic mass is 16.5. The molecule has 0 radical (unpaired) electrons. The van der Waals surface area contributed by atoms with Gasteiger partial charge in [0.2, 0.25) is 0 Å². The second-order valence-corrected chi connectivity index (χ2v) is 16.8. The first-order chi connectivity index (χ1) is 30.7. The van der Waals surface area contributed by atoms with Gasteiger partial charge in [-0.15, -0.1) is 0 Å². The lowest BCUT2D eigenvalue weighted by Gasteiger charge is -2.42. The van der Waals surface area contributed by atoms with Crippen molar-refractivity contribution in [1.29, 1.82) is 0 Å². The molecule has 9 aromatic rings. The van der Waals surface area contributed by atoms with Gasteiger partial charge in [0.25, 0.3) is 6.71 Å². The van der Waals surface area contributed by atoms with Crippen LogP contribution in [0.3, 0.4) is 0 Å². The second-order valence-electron chi connectivity index (χ2n) is 16.8. The fourth-order valence-electron chi connectivity index (χ4n) is 10.4. The maximum atomic E-state index is 7.15. The molecule has 292 valence electrons. The highest BCUT2D eigenvalue weighted by Crippen LogP contribution is 2.49. The maximum absolute atomic E-state index is 7.15. The van der Waals surface area contributed by atoms with Gasteiger partial charge in [-0.3, -0.25) is 0 Å². The number of para-hydroxylation sites is 5. The average Bonchev–Trinajstić information content (AvgIpc) is 3.67. The lowest BCUT2D eigenvalue weighted by atomic mass is 9.33. The minimum Gasteiger partial charge on any atom is -0.458 e. The van der Waals surface area contributed by atoms with Crippen molar-refractivity contribution in [3.05, 3.63) is 229 Å². The van der Waals surface area contributed by atoms with Crippen LogP contribution in [-0.2, 0) is 19.3 Å². The van der Waals surface area contributed by atoms with E-state index < -0.39 is 0 Å². The zero-order valence-corrected chi connectivity index (χ0v) is 34.1. The Labute approximate surface area is 362 Å². The summed E-state index contributed by atoms with van der Waals surface area (Å²) in [6.45, 7) is 0.0109. The average molecular weight is 794 g/mol. The summed E-state index contributed by atoms with van der Waals surface area (Å²) in [5, 5.41) is 0. The van der Waals surface area contributed by atoms with Crippen molar-refractivity contribution in [2.45, 2.75) is 19.3 Å². The normalized spacial score (nSPS) is 13.4. The van der Waals surface area contributed by atoms with E-state index in [2.05, 4.69) is 221 Å². The third-order valence-electron chi connectivity index (χ3n) is 13.3. The molecular weight excluding hydrogens is 753 g/mol. The van der Waals surface area contributed by atoms with Crippen LogP contribution >= 0.6 is 0 Å². The number of hydrogen-bond acceptors (Lipinski definition) is 4. The van der Waals surface area contributed by atoms with Crippen molar-refractivity contribution in [3.8, 4) is 22.6 Å². The van der Waals surface area contributed by atoms with Gasteiger partial charge in [-0.2, -0.15) is 0 Å². The van der Waals surface area contributed by atoms with Crippen LogP contribution in [0.15, 0.2) is 206 Å². The zero-order chi connectivity index (χ0) is 40.7. The second kappa shape index (κ2) is 13.9. The minimum atomic E-state index is 0.0109. The SMILES string of the molecule is c1ccc(N(c2ccccc2)c2ccc3c(c2)Cc2cc4c(cc2-3)N(c2ccccc2)c2cc(N(c3ccccc3)c3ccccc3)cc3c2B4c2cc4c(cc2O3)CC4)cc1. The van der Waals surface area contributed by atoms with Crippen LogP contribution in [0.5, 0.6) is 11.5 Å². The van der Waals surface area contributed by atoms with E-state index in [-0.39, 0.29) is 6.71 Å². The molecule has 2 heterocycles. The van der Waals surface area contributed by atoms with Gasteiger partial charge in [-0.05, 0) is 160 Å². The van der Waals surface area contributed by atoms with Crippen LogP contribution in [-0.4, -0.2) is 6.71 Å². The molecule has 0 saturated carbocycles. The molecule has 0 aromatic heterocycles. The van der Waals surface area contributed by atoms with E-state index in [0.29, 0.717) is 0 Å². The van der Waals surface area contributed by atoms with Crippen molar-refractivity contribution in [1.82, 2.24) is 0 Å². The van der Waals surface area contributed by atoms with E-state index >= 15 is 0 Å². The van der Waals surface area contributed by atoms with Crippen molar-refractivity contribution in [3.63, 3.8) is 0 Å². The van der Waals surface area contributed by atoms with Gasteiger partial charge in [0, 0.05) is 51.6 Å². The molecule has 0 bridgehead atoms. The van der Waals surface area contributed by atoms with Gasteiger partial charge in [0.1, 0.15) is 11.5 Å². The Bertz CT molecular complexity index is 3120. The predicted molar refractivity (Wildman–Crippen MR) is 257 cm³/mol. The zero-order valence-electron chi connectivity index (χ0n) is 34.1. The summed E-state index contributed by atoms with van der Waals surface area (Å²) in [5.41, 5.74) is 22.1. The molecule has 5 heteroatoms. The smallest absolute Gasteiger partial charge is 0.256 e. The Hall–Kier alpha value is -7.76. The van der Waals surface area contributed by atoms with Crippen molar-refractivity contribution in [2.24, 2.45) is 0 Å². The molecule has 2 aliphatic carbocycles. The molecule has 0 unspecified atom stereocenters. The minimum absolute atomic E-state index is 0.0109. The predicted octanol–water partition coefficient (Wildman–Crippen LogP) is 12.7. The molecule has 4 aliphatic rings. The van der Waals surface area contributed by atoms with Crippen LogP contribution in [0, 0.1) is 0 Å². The number of anilines is 9. The number of fused-ring (bicyclic) bond motifs is 8. The van der Waals surface area contributed by atoms with Crippen LogP contribution < -0.4 is 35.8 Å². The van der Waals surface area contributed by atoms with Gasteiger partial charge in [-0.25, -0.2) is 0 Å². The third kappa shape index (κ3) is 5.48. The number of benzene rings is 9. The van der Waals surface area contributed by atoms with E-state index in [1.807, 2.05) is 0 Å². The van der Waals surface area contributed by atoms with Gasteiger partial charge in [0.15, 0.2) is 0 Å². The summed E-state index contributed by atoms with van der Waals surface area (Å²) in [7, 11) is 0. The summed E-state index contributed by atoms with van der Waals surface area (Å²) in [6, 6.07) is 75.2. The molecule has 4 nitrogen and oxygen atoms in total. The first-order valence-corrected chi connectivity index (χ1v) is 21.7. The summed E-state index contributed by atoms with van der Waals surface area (Å²) in [6.07, 6.45) is 3.09. The van der Waals surface area contributed by atoms with E-state index in [1.165, 1.54) is 55.5 Å². The lowest BCUT2D eigenvalue weighted by molar-refractivity contribution is 0.485. The Morgan fingerprint density at radius 2 is 0.919 bits per heavy atom. The van der Waals surface area contributed by atoms with E-state index in [4.69, 9.17) is 4.74 Å². The molecule has 9 aromatic carbocycles. The summed E-state index contributed by atoms with van der Waals surface area (Å²) in [5.74, 6) is 1.89. The van der Waals surface area contributed by atoms with Crippen LogP contribution in [0.1, 0.15) is 22.3 Å². The number of rotatable bonds is 7. The van der Waals surface area contributed by atoms with Crippen molar-refractivity contribution < 1.29 is 4.74 Å². The summed E-state index contributed by atoms with van der Waals surface area (Å²) in [4.78, 5) is 7.22. The number of ether oxygens (including phenoxy) is 1. The number of nitrogens with zero attached hydrogens (tertiary/aromatic N) is 3. The third-order valence-corrected chi connectivity index (χ3v) is 13.3. The molecule has 0 fully saturated rings. The van der Waals surface area contributed by atoms with E-state index in [1.54, 1.807) is 0 Å². The number of aryl methyl sites for hydroxylation is 2. The topological polar surface area (TPSA) is 19.0 Å². The van der Waals surface area contributed by atoms with Crippen molar-refractivity contribution in [2.75, 3.05) is 14.7 Å². The molecular formula is C57H40BN3O. The standard InChI is InChI=1S/C57H40BN3O/c1-6-16-42(17-7-1)59(43-18-8-2-9-19-43)47-28-29-49-40(31-47)30-41-33-51-53(37-50(41)49)61(46-24-14-5-15-25-46)54-35-48(60(44-20-10-3-11-21-44)45-22-12-4-13-23-45)36-56-57(54)58(51)52-32-38-26-27-39(38)34-55(52)62-56/h1-25,28-29,31-37H,26-27,30H2. The lowest BCUT2D eigenvalue weighted by Crippen LogP contribution is -2.60. The summed E-state index contributed by atoms with van der Waals surface area (Å²) >= 11 is 0. The first kappa shape index (κ1) is 35.0. The molecule has 0 atom stereocenters. The molecule has 2 aliphatic heterocycles. The molecule has 0 saturated heterocycles. The number of hydrogen-bond donors (Lipinski definition) is 0. The first-order valence-electron chi connectivity index (χ1n) is 21.7. The Morgan fingerprint density at radius 1 is 0.387 bits per heavy atom. The Balaban J connectivity index is 1.03. The molecule has 0 amide bonds. The van der Waals surface area contributed by atoms with Gasteiger partial charge >= 0.3 is 0 Å². The fourth-order valence-corrected chi connectivity index (χ4v) is 10.4. The van der Waals surface area contributed by atoms with E-state index in [9.17, 15) is 0 Å². The fraction of sp³-hybridized carbons (Fsp3) is 0.0526. The largest absolute Gasteiger partial charge is 0.458 e. The van der Waals surface area contributed by atoms with Crippen LogP contribution in [0.4, 0.5) is 51.2 Å². The van der Waals surface area contributed by atoms with Gasteiger partial charge in [-0.1, -0.05) is 109 Å². The van der Waals surface area contributed by atoms with Gasteiger partial charge in [0.05, 0.1) is 5.69 Å². The molecule has 0 N–H and O–H groups in total. The highest BCUT2D eigenvalue weighted by molar-refractivity contribution is 6.99. The molecule has 62 heavy (non-hydrogen) atoms. The van der Waals surface area contributed by atoms with E-state index in [0.717, 1.165) is 76.3 Å². The maximum Gasteiger partial charge on any atom is 0.256 e.